The molecule has 1 aliphatic carbocycles. The van der Waals surface area contributed by atoms with Crippen LogP contribution in [0.5, 0.6) is 5.75 Å². The first kappa shape index (κ1) is 24.2. The van der Waals surface area contributed by atoms with Crippen LogP contribution in [0.2, 0.25) is 0 Å². The van der Waals surface area contributed by atoms with E-state index in [0.29, 0.717) is 38.5 Å². The summed E-state index contributed by atoms with van der Waals surface area (Å²) in [4.78, 5) is 24.3. The first-order chi connectivity index (χ1) is 15.3. The second-order valence-electron chi connectivity index (χ2n) is 8.47. The molecule has 0 aromatic heterocycles. The van der Waals surface area contributed by atoms with Crippen LogP contribution in [-0.4, -0.2) is 56.5 Å². The summed E-state index contributed by atoms with van der Waals surface area (Å²) in [6, 6.07) is 4.19. The van der Waals surface area contributed by atoms with E-state index in [9.17, 15) is 22.4 Å². The number of halogens is 1. The molecule has 3 amide bonds. The number of carbonyl (C=O) groups is 2. The highest BCUT2D eigenvalue weighted by Gasteiger charge is 2.24. The van der Waals surface area contributed by atoms with E-state index in [1.54, 1.807) is 24.3 Å². The zero-order valence-electron chi connectivity index (χ0n) is 18.4. The SMILES string of the molecule is CC[C@@H](CS(=O)(=O)CC/C=C/CN1CCC(=O)NC1=O)c1ccc(F)c(OCC2CC2)c1. The van der Waals surface area contributed by atoms with Crippen LogP contribution < -0.4 is 10.1 Å². The highest BCUT2D eigenvalue weighted by molar-refractivity contribution is 7.91. The molecule has 1 atom stereocenters. The zero-order valence-corrected chi connectivity index (χ0v) is 19.2. The first-order valence-corrected chi connectivity index (χ1v) is 13.0. The van der Waals surface area contributed by atoms with Crippen LogP contribution in [0, 0.1) is 11.7 Å². The lowest BCUT2D eigenvalue weighted by Crippen LogP contribution is -2.49. The minimum atomic E-state index is -3.33. The molecule has 1 aromatic carbocycles. The molecule has 1 aliphatic heterocycles. The van der Waals surface area contributed by atoms with Crippen molar-refractivity contribution in [1.29, 1.82) is 0 Å². The van der Waals surface area contributed by atoms with Crippen molar-refractivity contribution in [2.45, 2.75) is 44.9 Å². The number of sulfone groups is 1. The van der Waals surface area contributed by atoms with Crippen molar-refractivity contribution in [3.8, 4) is 5.75 Å². The fraction of sp³-hybridized carbons (Fsp3) is 0.565. The molecule has 32 heavy (non-hydrogen) atoms. The largest absolute Gasteiger partial charge is 0.490 e. The Balaban J connectivity index is 1.50. The van der Waals surface area contributed by atoms with Crippen LogP contribution in [0.4, 0.5) is 9.18 Å². The van der Waals surface area contributed by atoms with Crippen molar-refractivity contribution >= 4 is 21.8 Å². The van der Waals surface area contributed by atoms with Crippen molar-refractivity contribution < 1.29 is 27.1 Å². The van der Waals surface area contributed by atoms with E-state index < -0.39 is 21.7 Å². The predicted octanol–water partition coefficient (Wildman–Crippen LogP) is 3.41. The molecule has 0 unspecified atom stereocenters. The number of benzene rings is 1. The lowest BCUT2D eigenvalue weighted by Gasteiger charge is -2.25. The Labute approximate surface area is 188 Å². The Hall–Kier alpha value is -2.42. The lowest BCUT2D eigenvalue weighted by molar-refractivity contribution is -0.121. The minimum absolute atomic E-state index is 0.00306. The van der Waals surface area contributed by atoms with E-state index in [1.807, 2.05) is 6.92 Å². The average molecular weight is 467 g/mol. The molecule has 2 aliphatic rings. The van der Waals surface area contributed by atoms with Crippen LogP contribution in [0.25, 0.3) is 0 Å². The van der Waals surface area contributed by atoms with Gasteiger partial charge in [-0.25, -0.2) is 17.6 Å². The van der Waals surface area contributed by atoms with Crippen molar-refractivity contribution in [3.63, 3.8) is 0 Å². The van der Waals surface area contributed by atoms with Gasteiger partial charge in [0, 0.05) is 19.5 Å². The molecule has 7 nitrogen and oxygen atoms in total. The average Bonchev–Trinajstić information content (AvgIpc) is 3.57. The smallest absolute Gasteiger partial charge is 0.324 e. The number of imide groups is 1. The molecular weight excluding hydrogens is 435 g/mol. The van der Waals surface area contributed by atoms with E-state index in [1.165, 1.54) is 11.0 Å². The third-order valence-corrected chi connectivity index (χ3v) is 7.54. The summed E-state index contributed by atoms with van der Waals surface area (Å²) in [5.74, 6) is -0.267. The fourth-order valence-electron chi connectivity index (χ4n) is 3.56. The van der Waals surface area contributed by atoms with Gasteiger partial charge in [0.2, 0.25) is 5.91 Å². The van der Waals surface area contributed by atoms with Crippen LogP contribution in [0.1, 0.15) is 50.5 Å². The summed E-state index contributed by atoms with van der Waals surface area (Å²) in [6.45, 7) is 3.10. The molecule has 0 radical (unpaired) electrons. The number of hydrogen-bond donors (Lipinski definition) is 1. The van der Waals surface area contributed by atoms with Gasteiger partial charge in [-0.05, 0) is 55.2 Å². The maximum atomic E-state index is 14.1. The molecule has 1 saturated heterocycles. The third kappa shape index (κ3) is 7.32. The maximum absolute atomic E-state index is 14.1. The van der Waals surface area contributed by atoms with Crippen molar-refractivity contribution in [2.24, 2.45) is 5.92 Å². The Bertz CT molecular complexity index is 959. The molecule has 0 spiro atoms. The summed E-state index contributed by atoms with van der Waals surface area (Å²) in [5.41, 5.74) is 0.768. The number of carbonyl (C=O) groups excluding carboxylic acids is 2. The van der Waals surface area contributed by atoms with Crippen molar-refractivity contribution in [2.75, 3.05) is 31.2 Å². The Morgan fingerprint density at radius 1 is 1.28 bits per heavy atom. The third-order valence-electron chi connectivity index (χ3n) is 5.78. The molecule has 1 aromatic rings. The number of ether oxygens (including phenoxy) is 1. The molecule has 1 heterocycles. The second-order valence-corrected chi connectivity index (χ2v) is 10.7. The van der Waals surface area contributed by atoms with E-state index in [2.05, 4.69) is 5.32 Å². The Morgan fingerprint density at radius 3 is 2.75 bits per heavy atom. The normalized spacial score (nSPS) is 18.1. The Kier molecular flexibility index (Phi) is 8.28. The molecule has 0 bridgehead atoms. The first-order valence-electron chi connectivity index (χ1n) is 11.1. The summed E-state index contributed by atoms with van der Waals surface area (Å²) >= 11 is 0. The second kappa shape index (κ2) is 10.9. The number of amides is 3. The molecule has 1 saturated carbocycles. The number of hydrogen-bond acceptors (Lipinski definition) is 5. The van der Waals surface area contributed by atoms with E-state index in [4.69, 9.17) is 4.74 Å². The van der Waals surface area contributed by atoms with Crippen molar-refractivity contribution in [3.05, 3.63) is 41.7 Å². The van der Waals surface area contributed by atoms with Gasteiger partial charge in [-0.3, -0.25) is 10.1 Å². The zero-order chi connectivity index (χ0) is 23.1. The Morgan fingerprint density at radius 2 is 2.06 bits per heavy atom. The maximum Gasteiger partial charge on any atom is 0.324 e. The van der Waals surface area contributed by atoms with Crippen LogP contribution in [-0.2, 0) is 14.6 Å². The fourth-order valence-corrected chi connectivity index (χ4v) is 5.26. The standard InChI is InChI=1S/C23H31FN2O5S/c1-2-18(19-8-9-20(24)21(14-19)31-15-17-6-7-17)16-32(29,30)13-5-3-4-11-26-12-10-22(27)25-23(26)28/h3-4,8-9,14,17-18H,2,5-7,10-13,15-16H2,1H3,(H,25,27,28)/b4-3+/t18-/m0/s1. The molecule has 1 N–H and O–H groups in total. The number of nitrogens with one attached hydrogen (secondary N) is 1. The van der Waals surface area contributed by atoms with E-state index in [0.717, 1.165) is 18.4 Å². The van der Waals surface area contributed by atoms with E-state index in [-0.39, 0.29) is 35.5 Å². The summed E-state index contributed by atoms with van der Waals surface area (Å²) in [7, 11) is -3.33. The van der Waals surface area contributed by atoms with Gasteiger partial charge in [0.15, 0.2) is 21.4 Å². The number of allylic oxidation sites excluding steroid dienone is 1. The van der Waals surface area contributed by atoms with Gasteiger partial charge in [0.1, 0.15) is 0 Å². The number of urea groups is 1. The van der Waals surface area contributed by atoms with E-state index >= 15 is 0 Å². The number of nitrogens with zero attached hydrogens (tertiary/aromatic N) is 1. The summed E-state index contributed by atoms with van der Waals surface area (Å²) in [6.07, 6.45) is 6.92. The van der Waals surface area contributed by atoms with Gasteiger partial charge in [-0.2, -0.15) is 0 Å². The van der Waals surface area contributed by atoms with Crippen molar-refractivity contribution in [1.82, 2.24) is 10.2 Å². The molecule has 176 valence electrons. The van der Waals surface area contributed by atoms with Gasteiger partial charge in [-0.15, -0.1) is 0 Å². The van der Waals surface area contributed by atoms with Gasteiger partial charge >= 0.3 is 6.03 Å². The summed E-state index contributed by atoms with van der Waals surface area (Å²) < 4.78 is 45.0. The molecular formula is C23H31FN2O5S. The topological polar surface area (TPSA) is 92.8 Å². The molecule has 3 rings (SSSR count). The monoisotopic (exact) mass is 466 g/mol. The predicted molar refractivity (Wildman–Crippen MR) is 120 cm³/mol. The highest BCUT2D eigenvalue weighted by atomic mass is 32.2. The van der Waals surface area contributed by atoms with Gasteiger partial charge < -0.3 is 9.64 Å². The summed E-state index contributed by atoms with van der Waals surface area (Å²) in [5, 5.41) is 2.25. The van der Waals surface area contributed by atoms with Crippen LogP contribution in [0.3, 0.4) is 0 Å². The van der Waals surface area contributed by atoms with Crippen LogP contribution in [0.15, 0.2) is 30.4 Å². The lowest BCUT2D eigenvalue weighted by atomic mass is 9.98. The highest BCUT2D eigenvalue weighted by Crippen LogP contribution is 2.32. The minimum Gasteiger partial charge on any atom is -0.490 e. The van der Waals surface area contributed by atoms with Gasteiger partial charge in [0.05, 0.1) is 18.1 Å². The quantitative estimate of drug-likeness (QED) is 0.477. The van der Waals surface area contributed by atoms with Crippen LogP contribution >= 0.6 is 0 Å². The van der Waals surface area contributed by atoms with Gasteiger partial charge in [-0.1, -0.05) is 25.1 Å². The molecule has 9 heteroatoms. The molecule has 2 fully saturated rings. The van der Waals surface area contributed by atoms with Gasteiger partial charge in [0.25, 0.3) is 0 Å². The number of rotatable bonds is 12.